The van der Waals surface area contributed by atoms with Crippen molar-refractivity contribution in [2.24, 2.45) is 0 Å². The van der Waals surface area contributed by atoms with E-state index in [0.717, 1.165) is 0 Å². The third-order valence-corrected chi connectivity index (χ3v) is 1.81. The molecule has 0 saturated heterocycles. The van der Waals surface area contributed by atoms with E-state index in [0.29, 0.717) is 5.03 Å². The molecule has 1 aromatic carbocycles. The monoisotopic (exact) mass is 227 g/mol. The Labute approximate surface area is 91.8 Å². The number of phenols is 2. The second-order valence-corrected chi connectivity index (χ2v) is 3.44. The summed E-state index contributed by atoms with van der Waals surface area (Å²) in [6.45, 7) is 3.57. The van der Waals surface area contributed by atoms with Gasteiger partial charge < -0.3 is 15.5 Å². The number of amides is 1. The fourth-order valence-electron chi connectivity index (χ4n) is 0.943. The zero-order chi connectivity index (χ0) is 11.4. The Balaban J connectivity index is 2.74. The maximum Gasteiger partial charge on any atom is 0.251 e. The quantitative estimate of drug-likeness (QED) is 0.687. The number of hydrogen-bond donors (Lipinski definition) is 3. The van der Waals surface area contributed by atoms with Gasteiger partial charge in [-0.1, -0.05) is 18.2 Å². The molecule has 0 saturated carbocycles. The lowest BCUT2D eigenvalue weighted by Crippen LogP contribution is -2.24. The van der Waals surface area contributed by atoms with E-state index in [1.165, 1.54) is 18.2 Å². The molecule has 0 aliphatic heterocycles. The van der Waals surface area contributed by atoms with Crippen LogP contribution in [0.2, 0.25) is 0 Å². The molecule has 0 bridgehead atoms. The Kier molecular flexibility index (Phi) is 3.57. The SMILES string of the molecule is C=C(Cl)CNC(=O)c1ccc(O)c(O)c1. The summed E-state index contributed by atoms with van der Waals surface area (Å²) >= 11 is 5.47. The number of phenolic OH excluding ortho intramolecular Hbond substituents is 2. The van der Waals surface area contributed by atoms with Gasteiger partial charge >= 0.3 is 0 Å². The summed E-state index contributed by atoms with van der Waals surface area (Å²) in [5.74, 6) is -1.01. The van der Waals surface area contributed by atoms with E-state index in [-0.39, 0.29) is 23.6 Å². The topological polar surface area (TPSA) is 69.6 Å². The highest BCUT2D eigenvalue weighted by Crippen LogP contribution is 2.24. The van der Waals surface area contributed by atoms with E-state index in [9.17, 15) is 4.79 Å². The molecule has 0 radical (unpaired) electrons. The predicted molar refractivity (Wildman–Crippen MR) is 57.1 cm³/mol. The predicted octanol–water partition coefficient (Wildman–Crippen LogP) is 1.58. The summed E-state index contributed by atoms with van der Waals surface area (Å²) in [4.78, 5) is 11.4. The van der Waals surface area contributed by atoms with Crippen molar-refractivity contribution in [3.8, 4) is 11.5 Å². The molecule has 0 aliphatic carbocycles. The van der Waals surface area contributed by atoms with Crippen LogP contribution in [0.3, 0.4) is 0 Å². The minimum atomic E-state index is -0.396. The average molecular weight is 228 g/mol. The van der Waals surface area contributed by atoms with Gasteiger partial charge in [0.15, 0.2) is 11.5 Å². The van der Waals surface area contributed by atoms with E-state index >= 15 is 0 Å². The summed E-state index contributed by atoms with van der Waals surface area (Å²) in [6.07, 6.45) is 0. The Hall–Kier alpha value is -1.68. The number of aromatic hydroxyl groups is 2. The van der Waals surface area contributed by atoms with Crippen LogP contribution in [0.5, 0.6) is 11.5 Å². The van der Waals surface area contributed by atoms with Crippen molar-refractivity contribution in [2.45, 2.75) is 0 Å². The molecule has 0 spiro atoms. The number of carbonyl (C=O) groups is 1. The van der Waals surface area contributed by atoms with Crippen LogP contribution >= 0.6 is 11.6 Å². The molecule has 0 aromatic heterocycles. The standard InChI is InChI=1S/C10H10ClNO3/c1-6(11)5-12-10(15)7-2-3-8(13)9(14)4-7/h2-4,13-14H,1,5H2,(H,12,15). The fraction of sp³-hybridized carbons (Fsp3) is 0.100. The second kappa shape index (κ2) is 4.70. The average Bonchev–Trinajstić information content (AvgIpc) is 2.18. The summed E-state index contributed by atoms with van der Waals surface area (Å²) in [5, 5.41) is 21.0. The Morgan fingerprint density at radius 3 is 2.60 bits per heavy atom. The number of hydrogen-bond acceptors (Lipinski definition) is 3. The summed E-state index contributed by atoms with van der Waals surface area (Å²) < 4.78 is 0. The second-order valence-electron chi connectivity index (χ2n) is 2.90. The van der Waals surface area contributed by atoms with Crippen LogP contribution in [0.4, 0.5) is 0 Å². The largest absolute Gasteiger partial charge is 0.504 e. The van der Waals surface area contributed by atoms with E-state index < -0.39 is 5.91 Å². The van der Waals surface area contributed by atoms with Crippen LogP contribution in [0.25, 0.3) is 0 Å². The van der Waals surface area contributed by atoms with Gasteiger partial charge in [-0.05, 0) is 18.2 Å². The lowest BCUT2D eigenvalue weighted by atomic mass is 10.2. The first-order valence-electron chi connectivity index (χ1n) is 4.14. The maximum atomic E-state index is 11.4. The zero-order valence-corrected chi connectivity index (χ0v) is 8.58. The number of nitrogens with one attached hydrogen (secondary N) is 1. The van der Waals surface area contributed by atoms with Gasteiger partial charge in [-0.15, -0.1) is 0 Å². The molecule has 5 heteroatoms. The molecule has 0 heterocycles. The first-order valence-corrected chi connectivity index (χ1v) is 4.52. The van der Waals surface area contributed by atoms with Crippen LogP contribution in [-0.2, 0) is 0 Å². The van der Waals surface area contributed by atoms with Crippen molar-refractivity contribution in [2.75, 3.05) is 6.54 Å². The van der Waals surface area contributed by atoms with Crippen LogP contribution < -0.4 is 5.32 Å². The number of carbonyl (C=O) groups excluding carboxylic acids is 1. The third-order valence-electron chi connectivity index (χ3n) is 1.68. The van der Waals surface area contributed by atoms with Crippen molar-refractivity contribution >= 4 is 17.5 Å². The van der Waals surface area contributed by atoms with Crippen molar-refractivity contribution in [3.63, 3.8) is 0 Å². The molecule has 0 fully saturated rings. The van der Waals surface area contributed by atoms with Crippen LogP contribution in [0.15, 0.2) is 29.8 Å². The van der Waals surface area contributed by atoms with Gasteiger partial charge in [0.05, 0.1) is 6.54 Å². The Morgan fingerprint density at radius 1 is 1.40 bits per heavy atom. The normalized spacial score (nSPS) is 9.67. The van der Waals surface area contributed by atoms with Gasteiger partial charge in [-0.25, -0.2) is 0 Å². The van der Waals surface area contributed by atoms with Gasteiger partial charge in [0.2, 0.25) is 0 Å². The Morgan fingerprint density at radius 2 is 2.07 bits per heavy atom. The van der Waals surface area contributed by atoms with E-state index in [1.54, 1.807) is 0 Å². The highest BCUT2D eigenvalue weighted by molar-refractivity contribution is 6.29. The minimum absolute atomic E-state index is 0.155. The molecule has 1 amide bonds. The van der Waals surface area contributed by atoms with E-state index in [4.69, 9.17) is 21.8 Å². The number of halogens is 1. The highest BCUT2D eigenvalue weighted by Gasteiger charge is 2.08. The molecule has 15 heavy (non-hydrogen) atoms. The molecule has 4 nitrogen and oxygen atoms in total. The summed E-state index contributed by atoms with van der Waals surface area (Å²) in [7, 11) is 0. The van der Waals surface area contributed by atoms with Gasteiger partial charge in [0.25, 0.3) is 5.91 Å². The molecule has 0 atom stereocenters. The zero-order valence-electron chi connectivity index (χ0n) is 7.83. The lowest BCUT2D eigenvalue weighted by Gasteiger charge is -2.04. The van der Waals surface area contributed by atoms with Crippen LogP contribution in [0, 0.1) is 0 Å². The minimum Gasteiger partial charge on any atom is -0.504 e. The first kappa shape index (κ1) is 11.4. The molecule has 0 aliphatic rings. The van der Waals surface area contributed by atoms with E-state index in [2.05, 4.69) is 11.9 Å². The highest BCUT2D eigenvalue weighted by atomic mass is 35.5. The van der Waals surface area contributed by atoms with Crippen molar-refractivity contribution in [3.05, 3.63) is 35.4 Å². The maximum absolute atomic E-state index is 11.4. The van der Waals surface area contributed by atoms with Crippen LogP contribution in [0.1, 0.15) is 10.4 Å². The van der Waals surface area contributed by atoms with Crippen molar-refractivity contribution in [1.82, 2.24) is 5.32 Å². The summed E-state index contributed by atoms with van der Waals surface area (Å²) in [6, 6.07) is 3.79. The van der Waals surface area contributed by atoms with Gasteiger partial charge in [-0.3, -0.25) is 4.79 Å². The van der Waals surface area contributed by atoms with Crippen LogP contribution in [-0.4, -0.2) is 22.7 Å². The van der Waals surface area contributed by atoms with Gasteiger partial charge in [-0.2, -0.15) is 0 Å². The molecule has 1 rings (SSSR count). The fourth-order valence-corrected chi connectivity index (χ4v) is 1.01. The van der Waals surface area contributed by atoms with Gasteiger partial charge in [0, 0.05) is 10.6 Å². The molecular formula is C10H10ClNO3. The van der Waals surface area contributed by atoms with Crippen molar-refractivity contribution in [1.29, 1.82) is 0 Å². The molecule has 80 valence electrons. The van der Waals surface area contributed by atoms with Gasteiger partial charge in [0.1, 0.15) is 0 Å². The number of rotatable bonds is 3. The lowest BCUT2D eigenvalue weighted by molar-refractivity contribution is 0.0957. The summed E-state index contributed by atoms with van der Waals surface area (Å²) in [5.41, 5.74) is 0.239. The molecule has 3 N–H and O–H groups in total. The smallest absolute Gasteiger partial charge is 0.251 e. The molecule has 0 unspecified atom stereocenters. The molecule has 1 aromatic rings. The third kappa shape index (κ3) is 3.18. The molecular weight excluding hydrogens is 218 g/mol. The number of benzene rings is 1. The first-order chi connectivity index (χ1) is 7.00. The van der Waals surface area contributed by atoms with Crippen molar-refractivity contribution < 1.29 is 15.0 Å². The van der Waals surface area contributed by atoms with E-state index in [1.807, 2.05) is 0 Å². The Bertz CT molecular complexity index is 404.